The molecular weight excluding hydrogens is 284 g/mol. The molecule has 0 radical (unpaired) electrons. The molecule has 0 fully saturated rings. The van der Waals surface area contributed by atoms with E-state index >= 15 is 0 Å². The summed E-state index contributed by atoms with van der Waals surface area (Å²) in [5.74, 6) is 1.74. The van der Waals surface area contributed by atoms with Crippen LogP contribution >= 0.6 is 15.9 Å². The number of aliphatic hydroxyl groups excluding tert-OH is 1. The molecule has 5 nitrogen and oxygen atoms in total. The van der Waals surface area contributed by atoms with Gasteiger partial charge in [0.1, 0.15) is 22.4 Å². The van der Waals surface area contributed by atoms with Crippen molar-refractivity contribution in [2.24, 2.45) is 5.92 Å². The predicted octanol–water partition coefficient (Wildman–Crippen LogP) is 2.10. The highest BCUT2D eigenvalue weighted by atomic mass is 79.9. The molecule has 1 atom stereocenters. The SMILES string of the molecule is CCCNc1ncnc(NCC(C)CO)c1Br. The molecule has 1 rings (SSSR count). The van der Waals surface area contributed by atoms with E-state index in [4.69, 9.17) is 5.11 Å². The molecule has 0 saturated heterocycles. The van der Waals surface area contributed by atoms with Gasteiger partial charge in [0, 0.05) is 19.7 Å². The lowest BCUT2D eigenvalue weighted by atomic mass is 10.2. The standard InChI is InChI=1S/C11H19BrN4O/c1-3-4-13-10-9(12)11(16-7-15-10)14-5-8(2)6-17/h7-8,17H,3-6H2,1-2H3,(H2,13,14,15,16). The summed E-state index contributed by atoms with van der Waals surface area (Å²) in [6.07, 6.45) is 2.56. The van der Waals surface area contributed by atoms with Gasteiger partial charge >= 0.3 is 0 Å². The van der Waals surface area contributed by atoms with Crippen LogP contribution < -0.4 is 10.6 Å². The monoisotopic (exact) mass is 302 g/mol. The number of aliphatic hydroxyl groups is 1. The third kappa shape index (κ3) is 4.47. The maximum Gasteiger partial charge on any atom is 0.145 e. The van der Waals surface area contributed by atoms with E-state index in [1.165, 1.54) is 6.33 Å². The largest absolute Gasteiger partial charge is 0.396 e. The van der Waals surface area contributed by atoms with Crippen molar-refractivity contribution in [3.8, 4) is 0 Å². The fourth-order valence-corrected chi connectivity index (χ4v) is 1.68. The molecule has 1 heterocycles. The highest BCUT2D eigenvalue weighted by Gasteiger charge is 2.08. The lowest BCUT2D eigenvalue weighted by Gasteiger charge is -2.13. The van der Waals surface area contributed by atoms with Crippen molar-refractivity contribution in [1.29, 1.82) is 0 Å². The molecule has 0 amide bonds. The molecule has 6 heteroatoms. The Kier molecular flexibility index (Phi) is 6.21. The molecule has 0 aliphatic heterocycles. The van der Waals surface area contributed by atoms with Crippen LogP contribution in [0, 0.1) is 5.92 Å². The molecule has 1 aromatic heterocycles. The van der Waals surface area contributed by atoms with E-state index in [-0.39, 0.29) is 12.5 Å². The maximum atomic E-state index is 8.96. The van der Waals surface area contributed by atoms with Crippen molar-refractivity contribution in [3.63, 3.8) is 0 Å². The topological polar surface area (TPSA) is 70.1 Å². The molecular formula is C11H19BrN4O. The van der Waals surface area contributed by atoms with E-state index in [1.54, 1.807) is 0 Å². The van der Waals surface area contributed by atoms with E-state index in [0.717, 1.165) is 29.1 Å². The summed E-state index contributed by atoms with van der Waals surface area (Å²) in [6, 6.07) is 0. The van der Waals surface area contributed by atoms with Gasteiger partial charge in [-0.05, 0) is 28.3 Å². The van der Waals surface area contributed by atoms with E-state index in [9.17, 15) is 0 Å². The first-order valence-electron chi connectivity index (χ1n) is 5.78. The maximum absolute atomic E-state index is 8.96. The van der Waals surface area contributed by atoms with Crippen LogP contribution in [0.3, 0.4) is 0 Å². The van der Waals surface area contributed by atoms with Crippen molar-refractivity contribution in [2.75, 3.05) is 30.3 Å². The van der Waals surface area contributed by atoms with Crippen LogP contribution in [0.15, 0.2) is 10.8 Å². The van der Waals surface area contributed by atoms with Gasteiger partial charge in [0.25, 0.3) is 0 Å². The van der Waals surface area contributed by atoms with Crippen LogP contribution in [0.1, 0.15) is 20.3 Å². The van der Waals surface area contributed by atoms with Crippen LogP contribution in [0.25, 0.3) is 0 Å². The molecule has 1 unspecified atom stereocenters. The third-order valence-electron chi connectivity index (χ3n) is 2.26. The molecule has 0 spiro atoms. The summed E-state index contributed by atoms with van der Waals surface area (Å²) in [4.78, 5) is 8.33. The fourth-order valence-electron chi connectivity index (χ4n) is 1.20. The third-order valence-corrected chi connectivity index (χ3v) is 3.01. The summed E-state index contributed by atoms with van der Waals surface area (Å²) in [5, 5.41) is 15.4. The second kappa shape index (κ2) is 7.45. The van der Waals surface area contributed by atoms with Crippen molar-refractivity contribution in [1.82, 2.24) is 9.97 Å². The number of anilines is 2. The second-order valence-electron chi connectivity index (χ2n) is 3.98. The Morgan fingerprint density at radius 2 is 2.00 bits per heavy atom. The number of nitrogens with one attached hydrogen (secondary N) is 2. The lowest BCUT2D eigenvalue weighted by molar-refractivity contribution is 0.244. The average molecular weight is 303 g/mol. The quantitative estimate of drug-likeness (QED) is 0.719. The average Bonchev–Trinajstić information content (AvgIpc) is 2.35. The minimum atomic E-state index is 0.163. The van der Waals surface area contributed by atoms with Crippen LogP contribution in [-0.2, 0) is 0 Å². The van der Waals surface area contributed by atoms with Gasteiger partial charge < -0.3 is 15.7 Å². The molecule has 1 aromatic rings. The molecule has 0 bridgehead atoms. The van der Waals surface area contributed by atoms with Crippen LogP contribution in [0.5, 0.6) is 0 Å². The fraction of sp³-hybridized carbons (Fsp3) is 0.636. The zero-order valence-electron chi connectivity index (χ0n) is 10.2. The number of halogens is 1. The van der Waals surface area contributed by atoms with Crippen molar-refractivity contribution in [3.05, 3.63) is 10.8 Å². The molecule has 3 N–H and O–H groups in total. The molecule has 0 aromatic carbocycles. The summed E-state index contributed by atoms with van der Waals surface area (Å²) in [5.41, 5.74) is 0. The summed E-state index contributed by atoms with van der Waals surface area (Å²) in [6.45, 7) is 5.79. The van der Waals surface area contributed by atoms with E-state index in [1.807, 2.05) is 6.92 Å². The van der Waals surface area contributed by atoms with E-state index in [0.29, 0.717) is 6.54 Å². The van der Waals surface area contributed by atoms with Crippen molar-refractivity contribution < 1.29 is 5.11 Å². The van der Waals surface area contributed by atoms with Crippen LogP contribution in [0.2, 0.25) is 0 Å². The first-order valence-corrected chi connectivity index (χ1v) is 6.57. The summed E-state index contributed by atoms with van der Waals surface area (Å²) < 4.78 is 0.832. The minimum Gasteiger partial charge on any atom is -0.396 e. The zero-order valence-corrected chi connectivity index (χ0v) is 11.8. The number of nitrogens with zero attached hydrogens (tertiary/aromatic N) is 2. The molecule has 0 aliphatic rings. The lowest BCUT2D eigenvalue weighted by Crippen LogP contribution is -2.16. The Hall–Kier alpha value is -0.880. The van der Waals surface area contributed by atoms with Crippen molar-refractivity contribution >= 4 is 27.6 Å². The summed E-state index contributed by atoms with van der Waals surface area (Å²) >= 11 is 3.47. The highest BCUT2D eigenvalue weighted by Crippen LogP contribution is 2.26. The Morgan fingerprint density at radius 1 is 1.35 bits per heavy atom. The second-order valence-corrected chi connectivity index (χ2v) is 4.77. The van der Waals surface area contributed by atoms with Gasteiger partial charge in [0.2, 0.25) is 0 Å². The zero-order chi connectivity index (χ0) is 12.7. The molecule has 0 saturated carbocycles. The Balaban J connectivity index is 2.65. The smallest absolute Gasteiger partial charge is 0.145 e. The number of hydrogen-bond donors (Lipinski definition) is 3. The van der Waals surface area contributed by atoms with Crippen LogP contribution in [-0.4, -0.2) is 34.8 Å². The first kappa shape index (κ1) is 14.2. The van der Waals surface area contributed by atoms with Gasteiger partial charge in [-0.3, -0.25) is 0 Å². The Morgan fingerprint density at radius 3 is 2.59 bits per heavy atom. The number of hydrogen-bond acceptors (Lipinski definition) is 5. The van der Waals surface area contributed by atoms with Gasteiger partial charge in [-0.1, -0.05) is 13.8 Å². The normalized spacial score (nSPS) is 12.2. The number of aromatic nitrogens is 2. The van der Waals surface area contributed by atoms with Gasteiger partial charge in [-0.25, -0.2) is 9.97 Å². The van der Waals surface area contributed by atoms with Crippen molar-refractivity contribution in [2.45, 2.75) is 20.3 Å². The highest BCUT2D eigenvalue weighted by molar-refractivity contribution is 9.10. The van der Waals surface area contributed by atoms with E-state index < -0.39 is 0 Å². The minimum absolute atomic E-state index is 0.163. The molecule has 96 valence electrons. The predicted molar refractivity (Wildman–Crippen MR) is 73.3 cm³/mol. The summed E-state index contributed by atoms with van der Waals surface area (Å²) in [7, 11) is 0. The number of rotatable bonds is 7. The van der Waals surface area contributed by atoms with Gasteiger partial charge in [0.05, 0.1) is 0 Å². The van der Waals surface area contributed by atoms with E-state index in [2.05, 4.69) is 43.5 Å². The van der Waals surface area contributed by atoms with Gasteiger partial charge in [0.15, 0.2) is 0 Å². The Bertz CT molecular complexity index is 348. The molecule has 17 heavy (non-hydrogen) atoms. The van der Waals surface area contributed by atoms with Gasteiger partial charge in [-0.15, -0.1) is 0 Å². The van der Waals surface area contributed by atoms with Gasteiger partial charge in [-0.2, -0.15) is 0 Å². The molecule has 0 aliphatic carbocycles. The Labute approximate surface area is 110 Å². The first-order chi connectivity index (χ1) is 8.19. The van der Waals surface area contributed by atoms with Crippen LogP contribution in [0.4, 0.5) is 11.6 Å².